The predicted molar refractivity (Wildman–Crippen MR) is 93.9 cm³/mol. The zero-order valence-corrected chi connectivity index (χ0v) is 14.8. The summed E-state index contributed by atoms with van der Waals surface area (Å²) in [6.07, 6.45) is 0. The maximum Gasteiger partial charge on any atom is 0.255 e. The van der Waals surface area contributed by atoms with Gasteiger partial charge < -0.3 is 10.1 Å². The Balaban J connectivity index is 1.87. The Labute approximate surface area is 153 Å². The SMILES string of the molecule is COc1cc(F)c(NC(=O)c2ccc(-n3nc(C)cc3C)c(F)c2)cc1F. The van der Waals surface area contributed by atoms with E-state index in [9.17, 15) is 18.0 Å². The van der Waals surface area contributed by atoms with Crippen LogP contribution >= 0.6 is 0 Å². The molecule has 0 aliphatic carbocycles. The highest BCUT2D eigenvalue weighted by Crippen LogP contribution is 2.25. The molecule has 0 aliphatic rings. The van der Waals surface area contributed by atoms with Crippen LogP contribution in [0.2, 0.25) is 0 Å². The van der Waals surface area contributed by atoms with Crippen LogP contribution < -0.4 is 10.1 Å². The van der Waals surface area contributed by atoms with E-state index in [1.165, 1.54) is 23.9 Å². The van der Waals surface area contributed by atoms with Crippen LogP contribution in [0.3, 0.4) is 0 Å². The van der Waals surface area contributed by atoms with Gasteiger partial charge in [0.15, 0.2) is 17.4 Å². The fourth-order valence-corrected chi connectivity index (χ4v) is 2.67. The van der Waals surface area contributed by atoms with Gasteiger partial charge in [0.05, 0.1) is 18.5 Å². The molecule has 1 amide bonds. The summed E-state index contributed by atoms with van der Waals surface area (Å²) in [5.74, 6) is -3.44. The Kier molecular flexibility index (Phi) is 4.89. The third kappa shape index (κ3) is 3.64. The molecule has 0 aliphatic heterocycles. The van der Waals surface area contributed by atoms with Crippen LogP contribution in [-0.2, 0) is 0 Å². The van der Waals surface area contributed by atoms with Crippen LogP contribution in [-0.4, -0.2) is 22.8 Å². The van der Waals surface area contributed by atoms with Crippen molar-refractivity contribution in [1.29, 1.82) is 0 Å². The first-order valence-corrected chi connectivity index (χ1v) is 7.97. The number of nitrogens with one attached hydrogen (secondary N) is 1. The highest BCUT2D eigenvalue weighted by Gasteiger charge is 2.16. The molecule has 1 N–H and O–H groups in total. The van der Waals surface area contributed by atoms with E-state index in [-0.39, 0.29) is 22.7 Å². The number of halogens is 3. The van der Waals surface area contributed by atoms with Gasteiger partial charge in [0.2, 0.25) is 0 Å². The summed E-state index contributed by atoms with van der Waals surface area (Å²) in [7, 11) is 1.20. The van der Waals surface area contributed by atoms with Gasteiger partial charge >= 0.3 is 0 Å². The molecular formula is C19H16F3N3O2. The molecule has 0 unspecified atom stereocenters. The lowest BCUT2D eigenvalue weighted by Gasteiger charge is -2.10. The van der Waals surface area contributed by atoms with Crippen LogP contribution in [0.25, 0.3) is 5.69 Å². The Morgan fingerprint density at radius 3 is 2.37 bits per heavy atom. The van der Waals surface area contributed by atoms with E-state index in [0.29, 0.717) is 0 Å². The minimum Gasteiger partial charge on any atom is -0.494 e. The average Bonchev–Trinajstić information content (AvgIpc) is 2.95. The summed E-state index contributed by atoms with van der Waals surface area (Å²) < 4.78 is 48.2. The first-order valence-electron chi connectivity index (χ1n) is 7.97. The number of hydrogen-bond acceptors (Lipinski definition) is 3. The lowest BCUT2D eigenvalue weighted by molar-refractivity contribution is 0.102. The molecule has 0 fully saturated rings. The minimum atomic E-state index is -0.874. The van der Waals surface area contributed by atoms with Gasteiger partial charge in [-0.05, 0) is 38.1 Å². The molecule has 0 radical (unpaired) electrons. The van der Waals surface area contributed by atoms with E-state index in [1.807, 2.05) is 0 Å². The van der Waals surface area contributed by atoms with Gasteiger partial charge in [0, 0.05) is 23.4 Å². The summed E-state index contributed by atoms with van der Waals surface area (Å²) in [5, 5.41) is 6.42. The molecule has 5 nitrogen and oxygen atoms in total. The van der Waals surface area contributed by atoms with Gasteiger partial charge in [-0.25, -0.2) is 17.9 Å². The second-order valence-electron chi connectivity index (χ2n) is 5.93. The number of amides is 1. The molecule has 27 heavy (non-hydrogen) atoms. The Morgan fingerprint density at radius 1 is 1.04 bits per heavy atom. The number of ether oxygens (including phenoxy) is 1. The molecule has 3 rings (SSSR count). The fourth-order valence-electron chi connectivity index (χ4n) is 2.67. The van der Waals surface area contributed by atoms with Gasteiger partial charge in [-0.3, -0.25) is 4.79 Å². The zero-order valence-electron chi connectivity index (χ0n) is 14.8. The maximum absolute atomic E-state index is 14.5. The van der Waals surface area contributed by atoms with Gasteiger partial charge in [0.1, 0.15) is 11.5 Å². The Hall–Kier alpha value is -3.29. The van der Waals surface area contributed by atoms with Gasteiger partial charge in [-0.2, -0.15) is 5.10 Å². The number of anilines is 1. The number of carbonyl (C=O) groups excluding carboxylic acids is 1. The van der Waals surface area contributed by atoms with Crippen LogP contribution in [0.5, 0.6) is 5.75 Å². The van der Waals surface area contributed by atoms with Gasteiger partial charge in [-0.1, -0.05) is 0 Å². The van der Waals surface area contributed by atoms with Crippen molar-refractivity contribution in [2.45, 2.75) is 13.8 Å². The summed E-state index contributed by atoms with van der Waals surface area (Å²) >= 11 is 0. The molecule has 0 saturated carbocycles. The molecule has 140 valence electrons. The normalized spacial score (nSPS) is 10.7. The van der Waals surface area contributed by atoms with E-state index in [4.69, 9.17) is 0 Å². The topological polar surface area (TPSA) is 56.1 Å². The first-order chi connectivity index (χ1) is 12.8. The number of aryl methyl sites for hydroxylation is 2. The standard InChI is InChI=1S/C19H16F3N3O2/c1-10-6-11(2)25(24-10)17-5-4-12(7-14(17)21)19(26)23-16-8-15(22)18(27-3)9-13(16)20/h4-9H,1-3H3,(H,23,26). The van der Waals surface area contributed by atoms with Crippen molar-refractivity contribution in [2.75, 3.05) is 12.4 Å². The highest BCUT2D eigenvalue weighted by molar-refractivity contribution is 6.04. The molecule has 1 heterocycles. The molecule has 0 spiro atoms. The van der Waals surface area contributed by atoms with Crippen LogP contribution in [0.4, 0.5) is 18.9 Å². The lowest BCUT2D eigenvalue weighted by atomic mass is 10.1. The van der Waals surface area contributed by atoms with Gasteiger partial charge in [-0.15, -0.1) is 0 Å². The van der Waals surface area contributed by atoms with Crippen molar-refractivity contribution in [3.63, 3.8) is 0 Å². The van der Waals surface area contributed by atoms with E-state index in [2.05, 4.69) is 15.2 Å². The average molecular weight is 375 g/mol. The molecule has 3 aromatic rings. The van der Waals surface area contributed by atoms with Crippen molar-refractivity contribution < 1.29 is 22.7 Å². The van der Waals surface area contributed by atoms with Crippen LogP contribution in [0.15, 0.2) is 36.4 Å². The minimum absolute atomic E-state index is 0.0478. The molecule has 0 saturated heterocycles. The smallest absolute Gasteiger partial charge is 0.255 e. The molecule has 2 aromatic carbocycles. The number of carbonyl (C=O) groups is 1. The summed E-state index contributed by atoms with van der Waals surface area (Å²) in [6, 6.07) is 7.20. The number of rotatable bonds is 4. The van der Waals surface area contributed by atoms with Crippen LogP contribution in [0.1, 0.15) is 21.7 Å². The summed E-state index contributed by atoms with van der Waals surface area (Å²) in [4.78, 5) is 12.3. The second kappa shape index (κ2) is 7.14. The number of hydrogen-bond donors (Lipinski definition) is 1. The lowest BCUT2D eigenvalue weighted by Crippen LogP contribution is -2.14. The Morgan fingerprint density at radius 2 is 1.78 bits per heavy atom. The van der Waals surface area contributed by atoms with E-state index < -0.39 is 23.4 Å². The number of methoxy groups -OCH3 is 1. The molecule has 0 bridgehead atoms. The fraction of sp³-hybridized carbons (Fsp3) is 0.158. The summed E-state index contributed by atoms with van der Waals surface area (Å²) in [5.41, 5.74) is 1.22. The van der Waals surface area contributed by atoms with Gasteiger partial charge in [0.25, 0.3) is 5.91 Å². The largest absolute Gasteiger partial charge is 0.494 e. The van der Waals surface area contributed by atoms with E-state index in [0.717, 1.165) is 29.6 Å². The molecular weight excluding hydrogens is 359 g/mol. The van der Waals surface area contributed by atoms with Crippen molar-refractivity contribution in [1.82, 2.24) is 9.78 Å². The third-order valence-corrected chi connectivity index (χ3v) is 3.94. The number of aromatic nitrogens is 2. The zero-order chi connectivity index (χ0) is 19.7. The monoisotopic (exact) mass is 375 g/mol. The number of benzene rings is 2. The van der Waals surface area contributed by atoms with Crippen molar-refractivity contribution >= 4 is 11.6 Å². The maximum atomic E-state index is 14.5. The third-order valence-electron chi connectivity index (χ3n) is 3.94. The predicted octanol–water partition coefficient (Wildman–Crippen LogP) is 4.17. The summed E-state index contributed by atoms with van der Waals surface area (Å²) in [6.45, 7) is 3.56. The Bertz CT molecular complexity index is 1030. The molecule has 0 atom stereocenters. The van der Waals surface area contributed by atoms with Crippen molar-refractivity contribution in [3.05, 3.63) is 70.8 Å². The molecule has 8 heteroatoms. The van der Waals surface area contributed by atoms with E-state index in [1.54, 1.807) is 19.9 Å². The number of nitrogens with zero attached hydrogens (tertiary/aromatic N) is 2. The van der Waals surface area contributed by atoms with E-state index >= 15 is 0 Å². The van der Waals surface area contributed by atoms with Crippen molar-refractivity contribution in [3.8, 4) is 11.4 Å². The highest BCUT2D eigenvalue weighted by atomic mass is 19.1. The second-order valence-corrected chi connectivity index (χ2v) is 5.93. The first kappa shape index (κ1) is 18.5. The van der Waals surface area contributed by atoms with Crippen LogP contribution in [0, 0.1) is 31.3 Å². The molecule has 1 aromatic heterocycles. The van der Waals surface area contributed by atoms with Crippen molar-refractivity contribution in [2.24, 2.45) is 0 Å². The quantitative estimate of drug-likeness (QED) is 0.745.